The Morgan fingerprint density at radius 3 is 2.30 bits per heavy atom. The summed E-state index contributed by atoms with van der Waals surface area (Å²) in [6, 6.07) is -1.26. The quantitative estimate of drug-likeness (QED) is 0.543. The summed E-state index contributed by atoms with van der Waals surface area (Å²) in [5.41, 5.74) is 6.50. The molecule has 152 valence electrons. The van der Waals surface area contributed by atoms with Gasteiger partial charge in [-0.25, -0.2) is 4.79 Å². The van der Waals surface area contributed by atoms with Crippen LogP contribution in [0.1, 0.15) is 64.7 Å². The molecule has 0 spiro atoms. The van der Waals surface area contributed by atoms with E-state index in [4.69, 9.17) is 10.5 Å². The number of hydrogen-bond acceptors (Lipinski definition) is 5. The van der Waals surface area contributed by atoms with Gasteiger partial charge in [0, 0.05) is 13.0 Å². The molecule has 0 aromatic carbocycles. The molecule has 5 rings (SSSR count). The van der Waals surface area contributed by atoms with Crippen molar-refractivity contribution in [3.8, 4) is 0 Å². The number of esters is 1. The summed E-state index contributed by atoms with van der Waals surface area (Å²) in [5, 5.41) is 10.1. The molecule has 0 aromatic heterocycles. The van der Waals surface area contributed by atoms with Crippen LogP contribution in [0.15, 0.2) is 0 Å². The molecule has 0 radical (unpaired) electrons. The minimum atomic E-state index is -0.690. The topological polar surface area (TPSA) is 92.9 Å². The van der Waals surface area contributed by atoms with Gasteiger partial charge in [0.05, 0.1) is 18.8 Å². The van der Waals surface area contributed by atoms with Gasteiger partial charge >= 0.3 is 5.97 Å². The fourth-order valence-electron chi connectivity index (χ4n) is 6.69. The number of nitrogens with zero attached hydrogens (tertiary/aromatic N) is 1. The highest BCUT2D eigenvalue weighted by Gasteiger charge is 2.56. The lowest BCUT2D eigenvalue weighted by Gasteiger charge is -2.58. The molecule has 3 atom stereocenters. The maximum Gasteiger partial charge on any atom is 0.328 e. The van der Waals surface area contributed by atoms with Gasteiger partial charge in [-0.1, -0.05) is 13.3 Å². The second kappa shape index (κ2) is 7.36. The van der Waals surface area contributed by atoms with E-state index in [9.17, 15) is 14.7 Å². The highest BCUT2D eigenvalue weighted by atomic mass is 16.5. The summed E-state index contributed by atoms with van der Waals surface area (Å²) in [6.07, 6.45) is 8.38. The minimum absolute atomic E-state index is 0.101. The Kier molecular flexibility index (Phi) is 5.23. The first-order valence-electron chi connectivity index (χ1n) is 10.8. The lowest BCUT2D eigenvalue weighted by molar-refractivity contribution is -0.157. The third-order valence-electron chi connectivity index (χ3n) is 7.59. The SMILES string of the molecule is CCCCOC(=O)[C@@H]1C[C@@H](O)CN1C(=O)[C@@H](N)C12CC3CC(CC(C3)C1)C2. The van der Waals surface area contributed by atoms with Gasteiger partial charge in [-0.2, -0.15) is 0 Å². The van der Waals surface area contributed by atoms with Crippen molar-refractivity contribution in [1.29, 1.82) is 0 Å². The monoisotopic (exact) mass is 378 g/mol. The summed E-state index contributed by atoms with van der Waals surface area (Å²) >= 11 is 0. The average Bonchev–Trinajstić information content (AvgIpc) is 3.01. The van der Waals surface area contributed by atoms with Crippen molar-refractivity contribution in [2.75, 3.05) is 13.2 Å². The fraction of sp³-hybridized carbons (Fsp3) is 0.905. The van der Waals surface area contributed by atoms with Crippen LogP contribution < -0.4 is 5.73 Å². The average molecular weight is 379 g/mol. The fourth-order valence-corrected chi connectivity index (χ4v) is 6.69. The Bertz CT molecular complexity index is 557. The number of aliphatic hydroxyl groups excluding tert-OH is 1. The van der Waals surface area contributed by atoms with Crippen LogP contribution in [-0.4, -0.2) is 53.2 Å². The van der Waals surface area contributed by atoms with E-state index in [2.05, 4.69) is 0 Å². The van der Waals surface area contributed by atoms with E-state index in [1.165, 1.54) is 24.2 Å². The molecule has 5 fully saturated rings. The van der Waals surface area contributed by atoms with E-state index in [0.717, 1.165) is 32.1 Å². The van der Waals surface area contributed by atoms with Crippen LogP contribution in [0.3, 0.4) is 0 Å². The minimum Gasteiger partial charge on any atom is -0.464 e. The Morgan fingerprint density at radius 1 is 1.15 bits per heavy atom. The van der Waals surface area contributed by atoms with Gasteiger partial charge in [0.1, 0.15) is 6.04 Å². The van der Waals surface area contributed by atoms with Crippen molar-refractivity contribution in [3.63, 3.8) is 0 Å². The maximum atomic E-state index is 13.3. The highest BCUT2D eigenvalue weighted by Crippen LogP contribution is 2.61. The summed E-state index contributed by atoms with van der Waals surface area (Å²) in [6.45, 7) is 2.59. The summed E-state index contributed by atoms with van der Waals surface area (Å²) in [4.78, 5) is 27.3. The molecule has 4 aliphatic carbocycles. The lowest BCUT2D eigenvalue weighted by Crippen LogP contribution is -2.61. The van der Waals surface area contributed by atoms with Gasteiger partial charge < -0.3 is 20.5 Å². The van der Waals surface area contributed by atoms with Gasteiger partial charge in [0.15, 0.2) is 0 Å². The molecule has 1 aliphatic heterocycles. The van der Waals surface area contributed by atoms with Crippen molar-refractivity contribution in [1.82, 2.24) is 4.90 Å². The zero-order valence-electron chi connectivity index (χ0n) is 16.4. The molecule has 5 aliphatic rings. The molecule has 0 aromatic rings. The molecule has 0 unspecified atom stereocenters. The van der Waals surface area contributed by atoms with E-state index >= 15 is 0 Å². The third-order valence-corrected chi connectivity index (χ3v) is 7.59. The summed E-state index contributed by atoms with van der Waals surface area (Å²) in [5.74, 6) is 1.59. The summed E-state index contributed by atoms with van der Waals surface area (Å²) in [7, 11) is 0. The Morgan fingerprint density at radius 2 is 1.74 bits per heavy atom. The van der Waals surface area contributed by atoms with E-state index in [-0.39, 0.29) is 24.3 Å². The van der Waals surface area contributed by atoms with Gasteiger partial charge in [0.25, 0.3) is 0 Å². The Hall–Kier alpha value is -1.14. The lowest BCUT2D eigenvalue weighted by atomic mass is 9.47. The zero-order valence-corrected chi connectivity index (χ0v) is 16.4. The van der Waals surface area contributed by atoms with Crippen molar-refractivity contribution < 1.29 is 19.4 Å². The van der Waals surface area contributed by atoms with Gasteiger partial charge in [-0.3, -0.25) is 4.79 Å². The molecule has 1 saturated heterocycles. The first-order valence-corrected chi connectivity index (χ1v) is 10.8. The first-order chi connectivity index (χ1) is 12.9. The largest absolute Gasteiger partial charge is 0.464 e. The predicted molar refractivity (Wildman–Crippen MR) is 101 cm³/mol. The molecule has 6 heteroatoms. The first kappa shape index (κ1) is 19.2. The van der Waals surface area contributed by atoms with Crippen LogP contribution in [0, 0.1) is 23.2 Å². The van der Waals surface area contributed by atoms with Crippen LogP contribution in [0.4, 0.5) is 0 Å². The molecule has 4 saturated carbocycles. The van der Waals surface area contributed by atoms with Crippen molar-refractivity contribution in [3.05, 3.63) is 0 Å². The number of hydrogen-bond donors (Lipinski definition) is 2. The molecule has 1 heterocycles. The highest BCUT2D eigenvalue weighted by molar-refractivity contribution is 5.89. The third kappa shape index (κ3) is 3.51. The number of nitrogens with two attached hydrogens (primary N) is 1. The number of carbonyl (C=O) groups excluding carboxylic acids is 2. The smallest absolute Gasteiger partial charge is 0.328 e. The number of β-amino-alcohol motifs (C(OH)–C–C–N with tert-alkyl or cyclic N) is 1. The molecule has 27 heavy (non-hydrogen) atoms. The molecule has 3 N–H and O–H groups in total. The Balaban J connectivity index is 1.46. The number of unbranched alkanes of at least 4 members (excludes halogenated alkanes) is 1. The molecule has 4 bridgehead atoms. The van der Waals surface area contributed by atoms with Crippen LogP contribution in [0.5, 0.6) is 0 Å². The van der Waals surface area contributed by atoms with Gasteiger partial charge in [0.2, 0.25) is 5.91 Å². The van der Waals surface area contributed by atoms with E-state index in [1.807, 2.05) is 6.92 Å². The predicted octanol–water partition coefficient (Wildman–Crippen LogP) is 1.84. The van der Waals surface area contributed by atoms with E-state index in [1.54, 1.807) is 0 Å². The summed E-state index contributed by atoms with van der Waals surface area (Å²) < 4.78 is 5.34. The number of likely N-dealkylation sites (tertiary alicyclic amines) is 1. The Labute approximate surface area is 161 Å². The zero-order chi connectivity index (χ0) is 19.2. The second-order valence-electron chi connectivity index (χ2n) is 9.67. The van der Waals surface area contributed by atoms with E-state index in [0.29, 0.717) is 24.4 Å². The standard InChI is InChI=1S/C21H34N2O4/c1-2-3-4-27-20(26)17-8-16(24)12-23(17)19(25)18(22)21-9-13-5-14(10-21)7-15(6-13)11-21/h13-18,24H,2-12,22H2,1H3/t13?,14?,15?,16-,17+,18-,21?/m1/s1. The van der Waals surface area contributed by atoms with Crippen LogP contribution in [-0.2, 0) is 14.3 Å². The van der Waals surface area contributed by atoms with Crippen LogP contribution in [0.2, 0.25) is 0 Å². The number of ether oxygens (including phenoxy) is 1. The molecule has 1 amide bonds. The van der Waals surface area contributed by atoms with Crippen LogP contribution >= 0.6 is 0 Å². The van der Waals surface area contributed by atoms with Crippen molar-refractivity contribution in [2.45, 2.75) is 82.9 Å². The van der Waals surface area contributed by atoms with Gasteiger partial charge in [-0.15, -0.1) is 0 Å². The normalized spacial score (nSPS) is 41.0. The number of amides is 1. The maximum absolute atomic E-state index is 13.3. The van der Waals surface area contributed by atoms with Crippen molar-refractivity contribution >= 4 is 11.9 Å². The number of aliphatic hydroxyl groups is 1. The van der Waals surface area contributed by atoms with E-state index < -0.39 is 24.2 Å². The molecule has 6 nitrogen and oxygen atoms in total. The number of rotatable bonds is 6. The van der Waals surface area contributed by atoms with Gasteiger partial charge in [-0.05, 0) is 68.1 Å². The molecular weight excluding hydrogens is 344 g/mol. The van der Waals surface area contributed by atoms with Crippen molar-refractivity contribution in [2.24, 2.45) is 28.9 Å². The van der Waals surface area contributed by atoms with Crippen LogP contribution in [0.25, 0.3) is 0 Å². The molecular formula is C21H34N2O4. The second-order valence-corrected chi connectivity index (χ2v) is 9.67. The number of carbonyl (C=O) groups is 2.